The number of halogens is 4. The fourth-order valence-corrected chi connectivity index (χ4v) is 3.28. The Balaban J connectivity index is 1.86. The molecule has 0 aliphatic heterocycles. The monoisotopic (exact) mass is 421 g/mol. The molecule has 0 unspecified atom stereocenters. The van der Waals surface area contributed by atoms with Crippen molar-refractivity contribution in [3.8, 4) is 0 Å². The number of rotatable bonds is 5. The predicted octanol–water partition coefficient (Wildman–Crippen LogP) is 5.77. The quantitative estimate of drug-likeness (QED) is 0.662. The summed E-state index contributed by atoms with van der Waals surface area (Å²) in [5.41, 5.74) is 1.02. The molecule has 116 valence electrons. The number of amides is 1. The number of hydrogen-bond acceptors (Lipinski definition) is 2. The summed E-state index contributed by atoms with van der Waals surface area (Å²) in [5, 5.41) is 3.62. The molecule has 0 fully saturated rings. The molecule has 0 heterocycles. The molecule has 1 amide bonds. The van der Waals surface area contributed by atoms with Crippen LogP contribution in [0.25, 0.3) is 0 Å². The molecular formula is C15H11BrCl2FNOS. The maximum atomic E-state index is 13.6. The summed E-state index contributed by atoms with van der Waals surface area (Å²) in [6, 6.07) is 9.68. The summed E-state index contributed by atoms with van der Waals surface area (Å²) < 4.78 is 14.3. The number of carbonyl (C=O) groups excluding carboxylic acids is 1. The molecule has 22 heavy (non-hydrogen) atoms. The van der Waals surface area contributed by atoms with Gasteiger partial charge < -0.3 is 5.32 Å². The summed E-state index contributed by atoms with van der Waals surface area (Å²) in [7, 11) is 0. The molecule has 0 saturated heterocycles. The fraction of sp³-hybridized carbons (Fsp3) is 0.133. The first-order valence-corrected chi connectivity index (χ1v) is 8.93. The van der Waals surface area contributed by atoms with E-state index in [0.29, 0.717) is 27.0 Å². The van der Waals surface area contributed by atoms with Crippen molar-refractivity contribution < 1.29 is 9.18 Å². The van der Waals surface area contributed by atoms with Gasteiger partial charge in [-0.05, 0) is 46.3 Å². The van der Waals surface area contributed by atoms with E-state index < -0.39 is 0 Å². The van der Waals surface area contributed by atoms with Crippen LogP contribution in [0.4, 0.5) is 10.1 Å². The SMILES string of the molecule is O=C(CSCc1c(F)cccc1Cl)Nc1ccc(Br)c(Cl)c1. The van der Waals surface area contributed by atoms with Crippen molar-refractivity contribution in [1.82, 2.24) is 0 Å². The summed E-state index contributed by atoms with van der Waals surface area (Å²) in [6.07, 6.45) is 0. The molecule has 0 spiro atoms. The van der Waals surface area contributed by atoms with Crippen LogP contribution < -0.4 is 5.32 Å². The van der Waals surface area contributed by atoms with Crippen molar-refractivity contribution in [2.24, 2.45) is 0 Å². The molecule has 2 aromatic carbocycles. The largest absolute Gasteiger partial charge is 0.325 e. The van der Waals surface area contributed by atoms with Gasteiger partial charge in [0.15, 0.2) is 0 Å². The van der Waals surface area contributed by atoms with E-state index in [2.05, 4.69) is 21.2 Å². The summed E-state index contributed by atoms with van der Waals surface area (Å²) >= 11 is 16.5. The molecule has 0 saturated carbocycles. The van der Waals surface area contributed by atoms with E-state index in [1.54, 1.807) is 30.3 Å². The maximum absolute atomic E-state index is 13.6. The lowest BCUT2D eigenvalue weighted by molar-refractivity contribution is -0.113. The van der Waals surface area contributed by atoms with Crippen molar-refractivity contribution in [2.45, 2.75) is 5.75 Å². The Morgan fingerprint density at radius 3 is 2.68 bits per heavy atom. The highest BCUT2D eigenvalue weighted by atomic mass is 79.9. The lowest BCUT2D eigenvalue weighted by atomic mass is 10.2. The lowest BCUT2D eigenvalue weighted by Gasteiger charge is -2.08. The molecule has 2 aromatic rings. The van der Waals surface area contributed by atoms with Crippen molar-refractivity contribution in [3.05, 3.63) is 62.3 Å². The van der Waals surface area contributed by atoms with E-state index in [0.717, 1.165) is 4.47 Å². The Labute approximate surface area is 150 Å². The standard InChI is InChI=1S/C15H11BrCl2FNOS/c16-11-5-4-9(6-13(11)18)20-15(21)8-22-7-10-12(17)2-1-3-14(10)19/h1-6H,7-8H2,(H,20,21). The Kier molecular flexibility index (Phi) is 6.56. The van der Waals surface area contributed by atoms with Crippen LogP contribution >= 0.6 is 50.9 Å². The lowest BCUT2D eigenvalue weighted by Crippen LogP contribution is -2.14. The van der Waals surface area contributed by atoms with Crippen LogP contribution in [0, 0.1) is 5.82 Å². The minimum absolute atomic E-state index is 0.184. The highest BCUT2D eigenvalue weighted by Gasteiger charge is 2.09. The van der Waals surface area contributed by atoms with Gasteiger partial charge in [0.05, 0.1) is 10.8 Å². The zero-order valence-electron chi connectivity index (χ0n) is 11.2. The van der Waals surface area contributed by atoms with Gasteiger partial charge in [0, 0.05) is 26.5 Å². The van der Waals surface area contributed by atoms with Gasteiger partial charge in [0.1, 0.15) is 5.82 Å². The topological polar surface area (TPSA) is 29.1 Å². The molecule has 2 nitrogen and oxygen atoms in total. The average Bonchev–Trinajstić information content (AvgIpc) is 2.46. The molecular weight excluding hydrogens is 412 g/mol. The zero-order chi connectivity index (χ0) is 16.1. The third-order valence-electron chi connectivity index (χ3n) is 2.74. The maximum Gasteiger partial charge on any atom is 0.234 e. The van der Waals surface area contributed by atoms with Crippen LogP contribution in [0.5, 0.6) is 0 Å². The van der Waals surface area contributed by atoms with Gasteiger partial charge in [-0.1, -0.05) is 29.3 Å². The Morgan fingerprint density at radius 1 is 1.23 bits per heavy atom. The van der Waals surface area contributed by atoms with Crippen molar-refractivity contribution >= 4 is 62.5 Å². The zero-order valence-corrected chi connectivity index (χ0v) is 15.1. The van der Waals surface area contributed by atoms with Crippen LogP contribution in [0.1, 0.15) is 5.56 Å². The first kappa shape index (κ1) is 17.6. The van der Waals surface area contributed by atoms with Crippen LogP contribution in [0.15, 0.2) is 40.9 Å². The third kappa shape index (κ3) is 4.88. The number of benzene rings is 2. The minimum Gasteiger partial charge on any atom is -0.325 e. The third-order valence-corrected chi connectivity index (χ3v) is 5.29. The van der Waals surface area contributed by atoms with Gasteiger partial charge in [-0.3, -0.25) is 4.79 Å². The van der Waals surface area contributed by atoms with Gasteiger partial charge in [0.25, 0.3) is 0 Å². The van der Waals surface area contributed by atoms with Crippen molar-refractivity contribution in [1.29, 1.82) is 0 Å². The second kappa shape index (κ2) is 8.20. The van der Waals surface area contributed by atoms with Crippen LogP contribution in [-0.4, -0.2) is 11.7 Å². The van der Waals surface area contributed by atoms with Gasteiger partial charge in [0.2, 0.25) is 5.91 Å². The molecule has 0 aromatic heterocycles. The smallest absolute Gasteiger partial charge is 0.234 e. The summed E-state index contributed by atoms with van der Waals surface area (Å²) in [5.74, 6) is -0.0193. The number of anilines is 1. The Bertz CT molecular complexity index is 679. The molecule has 1 N–H and O–H groups in total. The Morgan fingerprint density at radius 2 is 2.00 bits per heavy atom. The number of thioether (sulfide) groups is 1. The number of hydrogen-bond donors (Lipinski definition) is 1. The van der Waals surface area contributed by atoms with Crippen LogP contribution in [0.2, 0.25) is 10.0 Å². The second-order valence-electron chi connectivity index (χ2n) is 4.37. The number of nitrogens with one attached hydrogen (secondary N) is 1. The molecule has 2 rings (SSSR count). The summed E-state index contributed by atoms with van der Waals surface area (Å²) in [6.45, 7) is 0. The van der Waals surface area contributed by atoms with Crippen molar-refractivity contribution in [2.75, 3.05) is 11.1 Å². The molecule has 0 radical (unpaired) electrons. The molecule has 7 heteroatoms. The summed E-state index contributed by atoms with van der Waals surface area (Å²) in [4.78, 5) is 11.9. The normalized spacial score (nSPS) is 10.5. The van der Waals surface area contributed by atoms with E-state index in [9.17, 15) is 9.18 Å². The van der Waals surface area contributed by atoms with Crippen LogP contribution in [0.3, 0.4) is 0 Å². The van der Waals surface area contributed by atoms with E-state index in [1.165, 1.54) is 17.8 Å². The van der Waals surface area contributed by atoms with Gasteiger partial charge in [-0.2, -0.15) is 0 Å². The van der Waals surface area contributed by atoms with Gasteiger partial charge in [-0.25, -0.2) is 4.39 Å². The molecule has 0 bridgehead atoms. The van der Waals surface area contributed by atoms with Crippen molar-refractivity contribution in [3.63, 3.8) is 0 Å². The fourth-order valence-electron chi connectivity index (χ4n) is 1.69. The van der Waals surface area contributed by atoms with E-state index in [1.807, 2.05) is 0 Å². The van der Waals surface area contributed by atoms with E-state index >= 15 is 0 Å². The average molecular weight is 423 g/mol. The second-order valence-corrected chi connectivity index (χ2v) is 7.02. The highest BCUT2D eigenvalue weighted by molar-refractivity contribution is 9.10. The first-order valence-electron chi connectivity index (χ1n) is 6.23. The first-order chi connectivity index (χ1) is 10.5. The van der Waals surface area contributed by atoms with Crippen LogP contribution in [-0.2, 0) is 10.5 Å². The van der Waals surface area contributed by atoms with E-state index in [-0.39, 0.29) is 17.5 Å². The predicted molar refractivity (Wildman–Crippen MR) is 95.4 cm³/mol. The molecule has 0 aliphatic rings. The minimum atomic E-state index is -0.361. The van der Waals surface area contributed by atoms with Gasteiger partial charge >= 0.3 is 0 Å². The van der Waals surface area contributed by atoms with Gasteiger partial charge in [-0.15, -0.1) is 11.8 Å². The molecule has 0 atom stereocenters. The Hall–Kier alpha value is -0.750. The highest BCUT2D eigenvalue weighted by Crippen LogP contribution is 2.26. The molecule has 0 aliphatic carbocycles. The van der Waals surface area contributed by atoms with E-state index in [4.69, 9.17) is 23.2 Å². The number of carbonyl (C=O) groups is 1.